The van der Waals surface area contributed by atoms with Crippen molar-refractivity contribution >= 4 is 23.8 Å². The Kier molecular flexibility index (Phi) is 7.09. The number of nitrogens with one attached hydrogen (secondary N) is 1. The van der Waals surface area contributed by atoms with Crippen molar-refractivity contribution in [1.82, 2.24) is 30.1 Å². The maximum absolute atomic E-state index is 13.3. The van der Waals surface area contributed by atoms with E-state index in [1.807, 2.05) is 58.2 Å². The Morgan fingerprint density at radius 1 is 1.05 bits per heavy atom. The van der Waals surface area contributed by atoms with E-state index < -0.39 is 5.91 Å². The molecule has 0 saturated carbocycles. The fourth-order valence-electron chi connectivity index (χ4n) is 3.87. The van der Waals surface area contributed by atoms with Crippen molar-refractivity contribution in [2.24, 2.45) is 0 Å². The van der Waals surface area contributed by atoms with Crippen LogP contribution in [0.5, 0.6) is 0 Å². The van der Waals surface area contributed by atoms with Crippen LogP contribution in [-0.4, -0.2) is 30.6 Å². The standard InChI is InChI=1S/C27H25FN6O2.ClH/c1-16-11-18(5-6-19(16)13-29-25(35)24-32-26(36-33-24)27(2,3)4)23-22-12-20(14-34(22)31-15-30-23)17-7-9-21(28)10-8-17;/h5-12,14-15H,13H2,1-4H3,(H,29,35);1H. The van der Waals surface area contributed by atoms with E-state index in [2.05, 4.69) is 25.5 Å². The van der Waals surface area contributed by atoms with Crippen LogP contribution < -0.4 is 5.32 Å². The number of halogens is 2. The minimum Gasteiger partial charge on any atom is -0.345 e. The molecule has 0 radical (unpaired) electrons. The molecule has 0 unspecified atom stereocenters. The van der Waals surface area contributed by atoms with Gasteiger partial charge in [-0.15, -0.1) is 12.4 Å². The molecule has 0 aliphatic rings. The van der Waals surface area contributed by atoms with E-state index in [1.165, 1.54) is 18.5 Å². The molecule has 5 aromatic rings. The summed E-state index contributed by atoms with van der Waals surface area (Å²) in [6.07, 6.45) is 3.41. The molecule has 37 heavy (non-hydrogen) atoms. The minimum absolute atomic E-state index is 0. The number of nitrogens with zero attached hydrogens (tertiary/aromatic N) is 5. The molecule has 2 aromatic carbocycles. The van der Waals surface area contributed by atoms with Gasteiger partial charge in [0.25, 0.3) is 11.7 Å². The molecule has 0 fully saturated rings. The number of fused-ring (bicyclic) bond motifs is 1. The lowest BCUT2D eigenvalue weighted by molar-refractivity contribution is 0.0937. The van der Waals surface area contributed by atoms with Crippen LogP contribution in [0, 0.1) is 12.7 Å². The molecule has 1 amide bonds. The zero-order chi connectivity index (χ0) is 25.4. The molecule has 3 aromatic heterocycles. The molecule has 190 valence electrons. The van der Waals surface area contributed by atoms with Gasteiger partial charge >= 0.3 is 0 Å². The van der Waals surface area contributed by atoms with Gasteiger partial charge in [-0.1, -0.05) is 50.2 Å². The summed E-state index contributed by atoms with van der Waals surface area (Å²) < 4.78 is 20.3. The second-order valence-electron chi connectivity index (χ2n) is 9.67. The highest BCUT2D eigenvalue weighted by Gasteiger charge is 2.24. The monoisotopic (exact) mass is 520 g/mol. The smallest absolute Gasteiger partial charge is 0.292 e. The normalized spacial score (nSPS) is 11.4. The van der Waals surface area contributed by atoms with Gasteiger partial charge in [0, 0.05) is 29.3 Å². The SMILES string of the molecule is Cc1cc(-c2ncnn3cc(-c4ccc(F)cc4)cc23)ccc1CNC(=O)c1noc(C(C)(C)C)n1.Cl. The van der Waals surface area contributed by atoms with Crippen molar-refractivity contribution in [3.63, 3.8) is 0 Å². The molecule has 0 spiro atoms. The summed E-state index contributed by atoms with van der Waals surface area (Å²) in [6.45, 7) is 8.13. The first-order valence-corrected chi connectivity index (χ1v) is 11.5. The predicted octanol–water partition coefficient (Wildman–Crippen LogP) is 5.54. The third kappa shape index (κ3) is 5.36. The topological polar surface area (TPSA) is 98.2 Å². The van der Waals surface area contributed by atoms with Gasteiger partial charge in [0.15, 0.2) is 0 Å². The highest BCUT2D eigenvalue weighted by atomic mass is 35.5. The maximum Gasteiger partial charge on any atom is 0.292 e. The van der Waals surface area contributed by atoms with Crippen molar-refractivity contribution < 1.29 is 13.7 Å². The molecule has 0 aliphatic heterocycles. The van der Waals surface area contributed by atoms with E-state index in [0.717, 1.165) is 39.0 Å². The number of aryl methyl sites for hydroxylation is 1. The quantitative estimate of drug-likeness (QED) is 0.326. The summed E-state index contributed by atoms with van der Waals surface area (Å²) in [7, 11) is 0. The maximum atomic E-state index is 13.3. The average Bonchev–Trinajstić information content (AvgIpc) is 3.51. The molecule has 8 nitrogen and oxygen atoms in total. The Balaban J connectivity index is 0.00000320. The van der Waals surface area contributed by atoms with Crippen LogP contribution in [0.4, 0.5) is 4.39 Å². The summed E-state index contributed by atoms with van der Waals surface area (Å²) >= 11 is 0. The molecular formula is C27H26ClFN6O2. The minimum atomic E-state index is -0.392. The zero-order valence-corrected chi connectivity index (χ0v) is 21.6. The van der Waals surface area contributed by atoms with Crippen molar-refractivity contribution in [2.45, 2.75) is 39.7 Å². The molecule has 3 heterocycles. The summed E-state index contributed by atoms with van der Waals surface area (Å²) in [6, 6.07) is 14.3. The van der Waals surface area contributed by atoms with Crippen LogP contribution in [-0.2, 0) is 12.0 Å². The van der Waals surface area contributed by atoms with E-state index >= 15 is 0 Å². The Hall–Kier alpha value is -4.11. The van der Waals surface area contributed by atoms with E-state index in [1.54, 1.807) is 16.6 Å². The number of rotatable bonds is 5. The fraction of sp³-hybridized carbons (Fsp3) is 0.222. The highest BCUT2D eigenvalue weighted by molar-refractivity contribution is 5.90. The number of aromatic nitrogens is 5. The zero-order valence-electron chi connectivity index (χ0n) is 20.8. The molecule has 0 bridgehead atoms. The van der Waals surface area contributed by atoms with Gasteiger partial charge in [-0.05, 0) is 47.9 Å². The van der Waals surface area contributed by atoms with Gasteiger partial charge in [-0.25, -0.2) is 13.9 Å². The highest BCUT2D eigenvalue weighted by Crippen LogP contribution is 2.29. The lowest BCUT2D eigenvalue weighted by Crippen LogP contribution is -2.24. The van der Waals surface area contributed by atoms with Crippen molar-refractivity contribution in [3.05, 3.63) is 89.7 Å². The van der Waals surface area contributed by atoms with E-state index in [0.29, 0.717) is 12.4 Å². The van der Waals surface area contributed by atoms with Crippen LogP contribution in [0.25, 0.3) is 27.9 Å². The summed E-state index contributed by atoms with van der Waals surface area (Å²) in [5, 5.41) is 11.0. The fourth-order valence-corrected chi connectivity index (χ4v) is 3.87. The number of benzene rings is 2. The third-order valence-corrected chi connectivity index (χ3v) is 5.91. The second kappa shape index (κ2) is 10.1. The molecule has 5 rings (SSSR count). The van der Waals surface area contributed by atoms with E-state index in [9.17, 15) is 9.18 Å². The molecule has 10 heteroatoms. The van der Waals surface area contributed by atoms with Crippen LogP contribution in [0.15, 0.2) is 65.6 Å². The molecule has 1 N–H and O–H groups in total. The lowest BCUT2D eigenvalue weighted by atomic mass is 9.97. The van der Waals surface area contributed by atoms with Crippen molar-refractivity contribution in [3.8, 4) is 22.4 Å². The summed E-state index contributed by atoms with van der Waals surface area (Å²) in [5.41, 5.74) is 5.98. The van der Waals surface area contributed by atoms with Crippen LogP contribution in [0.3, 0.4) is 0 Å². The first kappa shape index (κ1) is 26.0. The Labute approximate surface area is 219 Å². The number of carbonyl (C=O) groups excluding carboxylic acids is 1. The largest absolute Gasteiger partial charge is 0.345 e. The van der Waals surface area contributed by atoms with Gasteiger partial charge < -0.3 is 9.84 Å². The number of hydrogen-bond acceptors (Lipinski definition) is 6. The third-order valence-electron chi connectivity index (χ3n) is 5.91. The van der Waals surface area contributed by atoms with Gasteiger partial charge in [0.1, 0.15) is 12.1 Å². The van der Waals surface area contributed by atoms with E-state index in [-0.39, 0.29) is 29.5 Å². The summed E-state index contributed by atoms with van der Waals surface area (Å²) in [4.78, 5) is 21.2. The molecule has 0 atom stereocenters. The molecule has 0 saturated heterocycles. The van der Waals surface area contributed by atoms with Crippen LogP contribution in [0.1, 0.15) is 48.4 Å². The van der Waals surface area contributed by atoms with Crippen molar-refractivity contribution in [2.75, 3.05) is 0 Å². The first-order valence-electron chi connectivity index (χ1n) is 11.5. The van der Waals surface area contributed by atoms with Crippen LogP contribution >= 0.6 is 12.4 Å². The Bertz CT molecular complexity index is 1570. The van der Waals surface area contributed by atoms with Gasteiger partial charge in [0.2, 0.25) is 5.89 Å². The Morgan fingerprint density at radius 2 is 1.78 bits per heavy atom. The van der Waals surface area contributed by atoms with Crippen LogP contribution in [0.2, 0.25) is 0 Å². The second-order valence-corrected chi connectivity index (χ2v) is 9.67. The van der Waals surface area contributed by atoms with Crippen molar-refractivity contribution in [1.29, 1.82) is 0 Å². The predicted molar refractivity (Wildman–Crippen MR) is 140 cm³/mol. The van der Waals surface area contributed by atoms with E-state index in [4.69, 9.17) is 4.52 Å². The number of carbonyl (C=O) groups is 1. The number of amides is 1. The van der Waals surface area contributed by atoms with Gasteiger partial charge in [-0.3, -0.25) is 4.79 Å². The Morgan fingerprint density at radius 3 is 2.46 bits per heavy atom. The molecule has 0 aliphatic carbocycles. The average molecular weight is 521 g/mol. The number of hydrogen-bond donors (Lipinski definition) is 1. The lowest BCUT2D eigenvalue weighted by Gasteiger charge is -2.10. The summed E-state index contributed by atoms with van der Waals surface area (Å²) in [5.74, 6) is -0.237. The van der Waals surface area contributed by atoms with Gasteiger partial charge in [-0.2, -0.15) is 10.1 Å². The first-order chi connectivity index (χ1) is 17.2. The van der Waals surface area contributed by atoms with Gasteiger partial charge in [0.05, 0.1) is 11.2 Å². The molecular weight excluding hydrogens is 495 g/mol.